The summed E-state index contributed by atoms with van der Waals surface area (Å²) in [4.78, 5) is 40.3. The first kappa shape index (κ1) is 33.7. The lowest BCUT2D eigenvalue weighted by Gasteiger charge is -2.31. The van der Waals surface area contributed by atoms with E-state index >= 15 is 0 Å². The highest BCUT2D eigenvalue weighted by Crippen LogP contribution is 2.30. The fraction of sp³-hybridized carbons (Fsp3) is 0.457. The molecule has 3 N–H and O–H groups in total. The van der Waals surface area contributed by atoms with Crippen molar-refractivity contribution >= 4 is 17.8 Å². The van der Waals surface area contributed by atoms with Gasteiger partial charge in [-0.05, 0) is 43.2 Å². The molecule has 0 aromatic heterocycles. The summed E-state index contributed by atoms with van der Waals surface area (Å²) in [6.45, 7) is 7.55. The predicted molar refractivity (Wildman–Crippen MR) is 167 cm³/mol. The number of esters is 1. The van der Waals surface area contributed by atoms with Crippen molar-refractivity contribution in [2.75, 3.05) is 20.3 Å². The van der Waals surface area contributed by atoms with E-state index in [1.165, 1.54) is 7.11 Å². The van der Waals surface area contributed by atoms with Gasteiger partial charge < -0.3 is 25.2 Å². The molecule has 0 bridgehead atoms. The molecule has 2 aromatic rings. The second-order valence-corrected chi connectivity index (χ2v) is 11.4. The maximum atomic E-state index is 13.6. The van der Waals surface area contributed by atoms with E-state index in [4.69, 9.17) is 9.47 Å². The maximum absolute atomic E-state index is 13.6. The number of aliphatic hydroxyl groups is 1. The van der Waals surface area contributed by atoms with Gasteiger partial charge in [0, 0.05) is 13.5 Å². The van der Waals surface area contributed by atoms with Crippen molar-refractivity contribution in [3.8, 4) is 0 Å². The van der Waals surface area contributed by atoms with Crippen molar-refractivity contribution in [1.82, 2.24) is 10.6 Å². The molecule has 0 radical (unpaired) electrons. The minimum absolute atomic E-state index is 0.0619. The Kier molecular flexibility index (Phi) is 13.6. The number of allylic oxidation sites excluding steroid dienone is 2. The Labute approximate surface area is 255 Å². The molecule has 8 heteroatoms. The summed E-state index contributed by atoms with van der Waals surface area (Å²) in [5, 5.41) is 15.9. The molecule has 2 amide bonds. The Hall–Kier alpha value is -3.75. The van der Waals surface area contributed by atoms with Gasteiger partial charge in [-0.3, -0.25) is 14.4 Å². The van der Waals surface area contributed by atoms with Crippen LogP contribution in [-0.2, 0) is 30.3 Å². The van der Waals surface area contributed by atoms with Gasteiger partial charge >= 0.3 is 5.97 Å². The molecule has 1 aliphatic rings. The summed E-state index contributed by atoms with van der Waals surface area (Å²) >= 11 is 0. The van der Waals surface area contributed by atoms with E-state index in [0.717, 1.165) is 18.4 Å². The summed E-state index contributed by atoms with van der Waals surface area (Å²) in [6.07, 6.45) is 6.92. The molecule has 8 nitrogen and oxygen atoms in total. The van der Waals surface area contributed by atoms with Crippen molar-refractivity contribution in [3.05, 3.63) is 97.1 Å². The van der Waals surface area contributed by atoms with E-state index in [9.17, 15) is 19.5 Å². The van der Waals surface area contributed by atoms with Crippen LogP contribution >= 0.6 is 0 Å². The fourth-order valence-electron chi connectivity index (χ4n) is 5.72. The van der Waals surface area contributed by atoms with Gasteiger partial charge in [0.1, 0.15) is 6.10 Å². The molecule has 0 unspecified atom stereocenters. The third-order valence-corrected chi connectivity index (χ3v) is 8.04. The number of carbonyl (C=O) groups is 3. The van der Waals surface area contributed by atoms with Gasteiger partial charge in [-0.2, -0.15) is 0 Å². The van der Waals surface area contributed by atoms with Crippen molar-refractivity contribution in [2.24, 2.45) is 11.8 Å². The topological polar surface area (TPSA) is 114 Å². The lowest BCUT2D eigenvalue weighted by Crippen LogP contribution is -2.51. The standard InChI is InChI=1S/C35H46N2O6/c1-4-14-28(23-31(39)37-35(25-38)20-12-13-21-35)33(40)36-30(24-42-3)32(27-18-10-7-11-19-27)43-34(41)29(15-5-2)22-26-16-8-6-9-17-26/h4-11,16-19,28-30,32,38H,1-2,12-15,20-25H2,3H3,(H,36,40)(H,37,39)/t28-,29-,30-,32-/m0/s1. The van der Waals surface area contributed by atoms with E-state index in [1.807, 2.05) is 60.7 Å². The number of carbonyl (C=O) groups excluding carboxylic acids is 3. The summed E-state index contributed by atoms with van der Waals surface area (Å²) in [6, 6.07) is 18.2. The Morgan fingerprint density at radius 2 is 1.56 bits per heavy atom. The third-order valence-electron chi connectivity index (χ3n) is 8.04. The second kappa shape index (κ2) is 17.4. The molecular formula is C35H46N2O6. The van der Waals surface area contributed by atoms with Crippen LogP contribution in [0.15, 0.2) is 86.0 Å². The molecule has 232 valence electrons. The Morgan fingerprint density at radius 3 is 2.14 bits per heavy atom. The predicted octanol–water partition coefficient (Wildman–Crippen LogP) is 4.84. The van der Waals surface area contributed by atoms with Gasteiger partial charge in [-0.15, -0.1) is 13.2 Å². The van der Waals surface area contributed by atoms with Gasteiger partial charge in [0.2, 0.25) is 11.8 Å². The highest BCUT2D eigenvalue weighted by Gasteiger charge is 2.37. The quantitative estimate of drug-likeness (QED) is 0.169. The molecule has 0 aliphatic heterocycles. The number of nitrogens with one attached hydrogen (secondary N) is 2. The first-order valence-electron chi connectivity index (χ1n) is 15.1. The molecule has 1 fully saturated rings. The van der Waals surface area contributed by atoms with Crippen LogP contribution in [0.2, 0.25) is 0 Å². The van der Waals surface area contributed by atoms with E-state index in [0.29, 0.717) is 31.2 Å². The largest absolute Gasteiger partial charge is 0.455 e. The molecule has 4 atom stereocenters. The number of rotatable bonds is 18. The van der Waals surface area contributed by atoms with Gasteiger partial charge in [-0.25, -0.2) is 0 Å². The van der Waals surface area contributed by atoms with Gasteiger partial charge in [0.05, 0.1) is 36.6 Å². The second-order valence-electron chi connectivity index (χ2n) is 11.4. The van der Waals surface area contributed by atoms with E-state index < -0.39 is 35.5 Å². The summed E-state index contributed by atoms with van der Waals surface area (Å²) in [5.74, 6) is -2.23. The van der Waals surface area contributed by atoms with Crippen LogP contribution < -0.4 is 10.6 Å². The average Bonchev–Trinajstić information content (AvgIpc) is 3.48. The zero-order valence-electron chi connectivity index (χ0n) is 25.2. The smallest absolute Gasteiger partial charge is 0.310 e. The summed E-state index contributed by atoms with van der Waals surface area (Å²) in [5.41, 5.74) is 1.09. The SMILES string of the molecule is C=CC[C@@H](CC(=O)NC1(CO)CCCC1)C(=O)N[C@@H](COC)[C@@H](OC(=O)[C@@H](CC=C)Cc1ccccc1)c1ccccc1. The van der Waals surface area contributed by atoms with Gasteiger partial charge in [0.25, 0.3) is 0 Å². The van der Waals surface area contributed by atoms with Crippen molar-refractivity contribution < 1.29 is 29.0 Å². The minimum atomic E-state index is -0.838. The molecule has 43 heavy (non-hydrogen) atoms. The van der Waals surface area contributed by atoms with E-state index in [2.05, 4.69) is 23.8 Å². The van der Waals surface area contributed by atoms with Crippen molar-refractivity contribution in [2.45, 2.75) is 69.1 Å². The first-order chi connectivity index (χ1) is 20.8. The number of hydrogen-bond donors (Lipinski definition) is 3. The van der Waals surface area contributed by atoms with Crippen molar-refractivity contribution in [3.63, 3.8) is 0 Å². The highest BCUT2D eigenvalue weighted by molar-refractivity contribution is 5.86. The number of benzene rings is 2. The number of amides is 2. The highest BCUT2D eigenvalue weighted by atomic mass is 16.5. The van der Waals surface area contributed by atoms with Crippen LogP contribution in [0, 0.1) is 11.8 Å². The number of hydrogen-bond acceptors (Lipinski definition) is 6. The van der Waals surface area contributed by atoms with Crippen LogP contribution in [0.25, 0.3) is 0 Å². The van der Waals surface area contributed by atoms with Crippen LogP contribution in [0.5, 0.6) is 0 Å². The lowest BCUT2D eigenvalue weighted by molar-refractivity contribution is -0.158. The maximum Gasteiger partial charge on any atom is 0.310 e. The van der Waals surface area contributed by atoms with Crippen molar-refractivity contribution in [1.29, 1.82) is 0 Å². The zero-order chi connectivity index (χ0) is 31.1. The number of ether oxygens (including phenoxy) is 2. The van der Waals surface area contributed by atoms with Crippen LogP contribution in [0.1, 0.15) is 62.2 Å². The monoisotopic (exact) mass is 590 g/mol. The molecule has 0 heterocycles. The molecule has 0 spiro atoms. The Morgan fingerprint density at radius 1 is 0.953 bits per heavy atom. The number of methoxy groups -OCH3 is 1. The zero-order valence-corrected chi connectivity index (χ0v) is 25.2. The molecule has 1 saturated carbocycles. The fourth-order valence-corrected chi connectivity index (χ4v) is 5.72. The third kappa shape index (κ3) is 10.2. The normalized spacial score (nSPS) is 16.7. The van der Waals surface area contributed by atoms with E-state index in [-0.39, 0.29) is 37.9 Å². The minimum Gasteiger partial charge on any atom is -0.455 e. The number of aliphatic hydroxyl groups excluding tert-OH is 1. The molecule has 0 saturated heterocycles. The Balaban J connectivity index is 1.80. The first-order valence-corrected chi connectivity index (χ1v) is 15.1. The van der Waals surface area contributed by atoms with Crippen LogP contribution in [0.3, 0.4) is 0 Å². The average molecular weight is 591 g/mol. The van der Waals surface area contributed by atoms with E-state index in [1.54, 1.807) is 12.2 Å². The van der Waals surface area contributed by atoms with Gasteiger partial charge in [-0.1, -0.05) is 85.7 Å². The van der Waals surface area contributed by atoms with Crippen LogP contribution in [-0.4, -0.2) is 54.8 Å². The molecule has 3 rings (SSSR count). The Bertz CT molecular complexity index is 1180. The lowest BCUT2D eigenvalue weighted by atomic mass is 9.94. The molecule has 2 aromatic carbocycles. The summed E-state index contributed by atoms with van der Waals surface area (Å²) in [7, 11) is 1.52. The molecular weight excluding hydrogens is 544 g/mol. The molecule has 1 aliphatic carbocycles. The summed E-state index contributed by atoms with van der Waals surface area (Å²) < 4.78 is 11.6. The van der Waals surface area contributed by atoms with Gasteiger partial charge in [0.15, 0.2) is 0 Å². The van der Waals surface area contributed by atoms with Crippen LogP contribution in [0.4, 0.5) is 0 Å².